The first-order chi connectivity index (χ1) is 15.9. The fourth-order valence-corrected chi connectivity index (χ4v) is 4.33. The summed E-state index contributed by atoms with van der Waals surface area (Å²) in [7, 11) is -4.76. The van der Waals surface area contributed by atoms with E-state index in [0.717, 1.165) is 19.3 Å². The van der Waals surface area contributed by atoms with Gasteiger partial charge < -0.3 is 20.2 Å². The van der Waals surface area contributed by atoms with Gasteiger partial charge in [0, 0.05) is 18.3 Å². The molecule has 1 aromatic rings. The van der Waals surface area contributed by atoms with Crippen molar-refractivity contribution in [1.29, 1.82) is 0 Å². The van der Waals surface area contributed by atoms with Crippen LogP contribution in [0.15, 0.2) is 18.3 Å². The van der Waals surface area contributed by atoms with Crippen molar-refractivity contribution in [3.63, 3.8) is 0 Å². The van der Waals surface area contributed by atoms with Crippen LogP contribution >= 0.6 is 7.60 Å². The van der Waals surface area contributed by atoms with Gasteiger partial charge in [-0.15, -0.1) is 0 Å². The summed E-state index contributed by atoms with van der Waals surface area (Å²) in [6.45, 7) is 2.76. The topological polar surface area (TPSA) is 132 Å². The molecule has 0 spiro atoms. The number of rotatable bonds is 19. The van der Waals surface area contributed by atoms with Crippen LogP contribution in [0.4, 0.5) is 10.6 Å². The van der Waals surface area contributed by atoms with Gasteiger partial charge in [-0.25, -0.2) is 9.78 Å². The standard InChI is InChI=1S/C24H44N3O5P/c1-2-3-4-5-6-7-8-9-10-11-12-13-14-15-16-19-26-24(29)27-22-21(18-17-20-25-22)23(28)33(30,31)32/h17-18,20,23,28H,2-16,19H2,1H3,(H2,30,31,32)(H2,25,26,27,29). The number of amides is 2. The van der Waals surface area contributed by atoms with Crippen LogP contribution in [0.3, 0.4) is 0 Å². The fourth-order valence-electron chi connectivity index (χ4n) is 3.76. The zero-order valence-corrected chi connectivity index (χ0v) is 21.1. The Morgan fingerprint density at radius 2 is 1.39 bits per heavy atom. The second-order valence-corrected chi connectivity index (χ2v) is 10.4. The van der Waals surface area contributed by atoms with E-state index in [4.69, 9.17) is 9.79 Å². The normalized spacial score (nSPS) is 12.5. The minimum atomic E-state index is -4.76. The molecule has 0 aromatic carbocycles. The van der Waals surface area contributed by atoms with Crippen LogP contribution < -0.4 is 10.6 Å². The molecule has 0 aliphatic heterocycles. The maximum absolute atomic E-state index is 12.0. The molecule has 0 aliphatic rings. The van der Waals surface area contributed by atoms with E-state index in [1.807, 2.05) is 0 Å². The second kappa shape index (κ2) is 17.9. The molecule has 33 heavy (non-hydrogen) atoms. The van der Waals surface area contributed by atoms with Gasteiger partial charge in [-0.1, -0.05) is 103 Å². The summed E-state index contributed by atoms with van der Waals surface area (Å²) in [4.78, 5) is 34.3. The zero-order chi connectivity index (χ0) is 24.4. The Kier molecular flexibility index (Phi) is 16.1. The second-order valence-electron chi connectivity index (χ2n) is 8.73. The SMILES string of the molecule is CCCCCCCCCCCCCCCCCNC(=O)Nc1ncccc1C(O)P(=O)(O)O. The molecule has 0 aliphatic carbocycles. The number of hydrogen-bond acceptors (Lipinski definition) is 4. The summed E-state index contributed by atoms with van der Waals surface area (Å²) in [5.41, 5.74) is -0.118. The lowest BCUT2D eigenvalue weighted by Gasteiger charge is -2.16. The monoisotopic (exact) mass is 485 g/mol. The quantitative estimate of drug-likeness (QED) is 0.116. The lowest BCUT2D eigenvalue weighted by molar-refractivity contribution is 0.205. The predicted molar refractivity (Wildman–Crippen MR) is 133 cm³/mol. The smallest absolute Gasteiger partial charge is 0.358 e. The number of hydrogen-bond donors (Lipinski definition) is 5. The molecule has 190 valence electrons. The Morgan fingerprint density at radius 1 is 0.909 bits per heavy atom. The molecule has 5 N–H and O–H groups in total. The molecule has 0 bridgehead atoms. The highest BCUT2D eigenvalue weighted by Crippen LogP contribution is 2.51. The number of urea groups is 1. The van der Waals surface area contributed by atoms with E-state index in [1.165, 1.54) is 95.4 Å². The molecule has 2 amide bonds. The maximum atomic E-state index is 12.0. The van der Waals surface area contributed by atoms with Crippen LogP contribution in [0, 0.1) is 0 Å². The minimum absolute atomic E-state index is 0.0673. The molecular weight excluding hydrogens is 441 g/mol. The van der Waals surface area contributed by atoms with Crippen molar-refractivity contribution in [2.24, 2.45) is 0 Å². The summed E-state index contributed by atoms with van der Waals surface area (Å²) in [5.74, 6) is -2.10. The largest absolute Gasteiger partial charge is 0.376 e. The Labute approximate surface area is 199 Å². The van der Waals surface area contributed by atoms with Crippen LogP contribution in [0.2, 0.25) is 0 Å². The van der Waals surface area contributed by atoms with Crippen LogP contribution in [0.1, 0.15) is 115 Å². The summed E-state index contributed by atoms with van der Waals surface area (Å²) in [6, 6.07) is 2.24. The molecule has 0 radical (unpaired) electrons. The Bertz CT molecular complexity index is 698. The summed E-state index contributed by atoms with van der Waals surface area (Å²) < 4.78 is 11.3. The molecule has 1 heterocycles. The number of aromatic nitrogens is 1. The first-order valence-corrected chi connectivity index (χ1v) is 14.3. The van der Waals surface area contributed by atoms with E-state index in [9.17, 15) is 14.5 Å². The maximum Gasteiger partial charge on any atom is 0.358 e. The van der Waals surface area contributed by atoms with E-state index in [-0.39, 0.29) is 11.4 Å². The molecule has 0 saturated heterocycles. The highest BCUT2D eigenvalue weighted by Gasteiger charge is 2.30. The van der Waals surface area contributed by atoms with Crippen molar-refractivity contribution in [3.8, 4) is 0 Å². The molecule has 9 heteroatoms. The molecule has 8 nitrogen and oxygen atoms in total. The third-order valence-electron chi connectivity index (χ3n) is 5.73. The van der Waals surface area contributed by atoms with Gasteiger partial charge in [0.1, 0.15) is 5.82 Å². The number of anilines is 1. The van der Waals surface area contributed by atoms with E-state index in [2.05, 4.69) is 22.5 Å². The lowest BCUT2D eigenvalue weighted by Crippen LogP contribution is -2.30. The molecule has 0 saturated carbocycles. The van der Waals surface area contributed by atoms with Crippen molar-refractivity contribution in [2.45, 2.75) is 109 Å². The highest BCUT2D eigenvalue weighted by molar-refractivity contribution is 7.51. The fraction of sp³-hybridized carbons (Fsp3) is 0.750. The van der Waals surface area contributed by atoms with Crippen LogP contribution in [0.25, 0.3) is 0 Å². The number of carbonyl (C=O) groups is 1. The average molecular weight is 486 g/mol. The van der Waals surface area contributed by atoms with Crippen molar-refractivity contribution in [1.82, 2.24) is 10.3 Å². The number of pyridine rings is 1. The number of aliphatic hydroxyl groups is 1. The molecule has 1 rings (SSSR count). The number of carbonyl (C=O) groups excluding carboxylic acids is 1. The van der Waals surface area contributed by atoms with E-state index >= 15 is 0 Å². The Morgan fingerprint density at radius 3 is 1.88 bits per heavy atom. The van der Waals surface area contributed by atoms with Crippen molar-refractivity contribution in [2.75, 3.05) is 11.9 Å². The van der Waals surface area contributed by atoms with E-state index < -0.39 is 19.5 Å². The van der Waals surface area contributed by atoms with Crippen LogP contribution in [-0.4, -0.2) is 32.5 Å². The first-order valence-electron chi connectivity index (χ1n) is 12.6. The summed E-state index contributed by atoms with van der Waals surface area (Å²) in [6.07, 6.45) is 20.6. The van der Waals surface area contributed by atoms with Gasteiger partial charge in [-0.2, -0.15) is 0 Å². The van der Waals surface area contributed by atoms with Gasteiger partial charge in [0.2, 0.25) is 0 Å². The van der Waals surface area contributed by atoms with Gasteiger partial charge in [-0.05, 0) is 12.5 Å². The van der Waals surface area contributed by atoms with Gasteiger partial charge >= 0.3 is 13.6 Å². The molecule has 0 fully saturated rings. The molecule has 1 aromatic heterocycles. The molecular formula is C24H44N3O5P. The number of nitrogens with zero attached hydrogens (tertiary/aromatic N) is 1. The Hall–Kier alpha value is -1.47. The van der Waals surface area contributed by atoms with Gasteiger partial charge in [-0.3, -0.25) is 9.88 Å². The van der Waals surface area contributed by atoms with E-state index in [1.54, 1.807) is 0 Å². The van der Waals surface area contributed by atoms with Crippen molar-refractivity contribution >= 4 is 19.4 Å². The van der Waals surface area contributed by atoms with E-state index in [0.29, 0.717) is 6.54 Å². The van der Waals surface area contributed by atoms with Crippen LogP contribution in [0.5, 0.6) is 0 Å². The number of nitrogens with one attached hydrogen (secondary N) is 2. The Balaban J connectivity index is 2.03. The first kappa shape index (κ1) is 29.6. The van der Waals surface area contributed by atoms with Crippen molar-refractivity contribution in [3.05, 3.63) is 23.9 Å². The average Bonchev–Trinajstić information content (AvgIpc) is 2.78. The van der Waals surface area contributed by atoms with Gasteiger partial charge in [0.05, 0.1) is 0 Å². The lowest BCUT2D eigenvalue weighted by atomic mass is 10.0. The minimum Gasteiger partial charge on any atom is -0.376 e. The van der Waals surface area contributed by atoms with Crippen molar-refractivity contribution < 1.29 is 24.3 Å². The number of aliphatic hydroxyl groups excluding tert-OH is 1. The van der Waals surface area contributed by atoms with Gasteiger partial charge in [0.15, 0.2) is 5.85 Å². The molecule has 1 atom stereocenters. The third-order valence-corrected chi connectivity index (χ3v) is 6.65. The van der Waals surface area contributed by atoms with Crippen LogP contribution in [-0.2, 0) is 4.57 Å². The summed E-state index contributed by atoms with van der Waals surface area (Å²) >= 11 is 0. The highest BCUT2D eigenvalue weighted by atomic mass is 31.2. The third kappa shape index (κ3) is 14.4. The zero-order valence-electron chi connectivity index (χ0n) is 20.2. The molecule has 1 unspecified atom stereocenters. The number of unbranched alkanes of at least 4 members (excludes halogenated alkanes) is 14. The van der Waals surface area contributed by atoms with Gasteiger partial charge in [0.25, 0.3) is 0 Å². The predicted octanol–water partition coefficient (Wildman–Crippen LogP) is 6.24. The summed E-state index contributed by atoms with van der Waals surface area (Å²) in [5, 5.41) is 15.0.